The minimum Gasteiger partial charge on any atom is -0.399 e. The second-order valence-electron chi connectivity index (χ2n) is 11.1. The van der Waals surface area contributed by atoms with E-state index in [1.54, 1.807) is 41.2 Å². The van der Waals surface area contributed by atoms with Crippen LogP contribution in [0.4, 0.5) is 11.4 Å². The number of benzene rings is 2. The number of hydrogen-bond donors (Lipinski definition) is 4. The van der Waals surface area contributed by atoms with E-state index in [0.29, 0.717) is 30.4 Å². The Morgan fingerprint density at radius 3 is 1.86 bits per heavy atom. The largest absolute Gasteiger partial charge is 0.399 e. The number of nitrogen functional groups attached to an aromatic ring is 2. The number of sulfonamides is 2. The summed E-state index contributed by atoms with van der Waals surface area (Å²) in [4.78, 5) is 8.81. The summed E-state index contributed by atoms with van der Waals surface area (Å²) >= 11 is 1.67. The normalized spacial score (nSPS) is 16.8. The average molecular weight is 736 g/mol. The molecule has 15 nitrogen and oxygen atoms in total. The molecule has 0 radical (unpaired) electrons. The van der Waals surface area contributed by atoms with E-state index in [1.165, 1.54) is 43.3 Å². The van der Waals surface area contributed by atoms with Crippen LogP contribution < -0.4 is 21.3 Å². The van der Waals surface area contributed by atoms with Crippen molar-refractivity contribution in [2.24, 2.45) is 36.7 Å². The molecular formula is C31H49N11O4S3. The summed E-state index contributed by atoms with van der Waals surface area (Å²) in [5, 5.41) is 25.3. The molecule has 270 valence electrons. The minimum absolute atomic E-state index is 0.0756. The molecule has 49 heavy (non-hydrogen) atoms. The van der Waals surface area contributed by atoms with Crippen molar-refractivity contribution < 1.29 is 16.8 Å². The predicted octanol–water partition coefficient (Wildman–Crippen LogP) is 3.75. The number of anilines is 2. The van der Waals surface area contributed by atoms with Gasteiger partial charge in [0.15, 0.2) is 5.17 Å². The van der Waals surface area contributed by atoms with Gasteiger partial charge in [-0.3, -0.25) is 9.98 Å². The standard InChI is InChI=1S/C14H21N5O2S.C9H17N3S.C6H8N2O2S.C2H3N/c1-4-16-13(19-10-14(2,3)9-17-19)18-22(20,21)12-7-5-11(15)6-8-12;1-4-8-6-11-12(7-8)9(13-3)10-5-2;7-5-1-3-6(4-2-5)11(8,9)10;1-2-3/h5-9H,4,10,15H2,1-3H3,(H,16,18);6,8H,4-5,7H2,1-3H3;1-4H,7H2,(H2,8,9,10);1H3. The second-order valence-corrected chi connectivity index (χ2v) is 15.1. The van der Waals surface area contributed by atoms with Crippen molar-refractivity contribution >= 4 is 66.7 Å². The Labute approximate surface area is 295 Å². The summed E-state index contributed by atoms with van der Waals surface area (Å²) in [6.45, 7) is 14.4. The molecule has 4 rings (SSSR count). The van der Waals surface area contributed by atoms with Gasteiger partial charge < -0.3 is 11.5 Å². The predicted molar refractivity (Wildman–Crippen MR) is 202 cm³/mol. The van der Waals surface area contributed by atoms with E-state index >= 15 is 0 Å². The van der Waals surface area contributed by atoms with Gasteiger partial charge in [0.05, 0.1) is 28.9 Å². The fourth-order valence-corrected chi connectivity index (χ4v) is 5.99. The highest BCUT2D eigenvalue weighted by atomic mass is 32.2. The van der Waals surface area contributed by atoms with E-state index in [2.05, 4.69) is 31.8 Å². The quantitative estimate of drug-likeness (QED) is 0.190. The Kier molecular flexibility index (Phi) is 17.8. The lowest BCUT2D eigenvalue weighted by Crippen LogP contribution is -2.42. The Morgan fingerprint density at radius 2 is 1.47 bits per heavy atom. The number of hydrogen-bond acceptors (Lipinski definition) is 12. The third-order valence-electron chi connectivity index (χ3n) is 6.33. The number of thioether (sulfide) groups is 1. The van der Waals surface area contributed by atoms with Gasteiger partial charge in [-0.2, -0.15) is 15.5 Å². The zero-order chi connectivity index (χ0) is 37.3. The van der Waals surface area contributed by atoms with Gasteiger partial charge in [-0.1, -0.05) is 32.5 Å². The van der Waals surface area contributed by atoms with Gasteiger partial charge in [0.25, 0.3) is 10.0 Å². The third-order valence-corrected chi connectivity index (χ3v) is 9.30. The van der Waals surface area contributed by atoms with Crippen molar-refractivity contribution in [3.05, 3.63) is 48.5 Å². The molecule has 18 heteroatoms. The van der Waals surface area contributed by atoms with Gasteiger partial charge in [-0.05, 0) is 75.1 Å². The molecule has 2 heterocycles. The first kappa shape index (κ1) is 42.8. The molecule has 7 N–H and O–H groups in total. The summed E-state index contributed by atoms with van der Waals surface area (Å²) in [5.74, 6) is 0.829. The number of nitrogens with two attached hydrogens (primary N) is 3. The maximum absolute atomic E-state index is 12.4. The van der Waals surface area contributed by atoms with Gasteiger partial charge in [0.2, 0.25) is 16.0 Å². The summed E-state index contributed by atoms with van der Waals surface area (Å²) in [5.41, 5.74) is 11.8. The average Bonchev–Trinajstić information content (AvgIpc) is 3.67. The van der Waals surface area contributed by atoms with Gasteiger partial charge in [-0.25, -0.2) is 36.7 Å². The van der Waals surface area contributed by atoms with Gasteiger partial charge in [0.1, 0.15) is 0 Å². The van der Waals surface area contributed by atoms with Crippen LogP contribution in [0.3, 0.4) is 0 Å². The molecule has 2 aromatic carbocycles. The molecule has 2 aliphatic rings. The van der Waals surface area contributed by atoms with Gasteiger partial charge >= 0.3 is 0 Å². The number of aliphatic imine (C=N–C) groups is 2. The molecule has 0 bridgehead atoms. The smallest absolute Gasteiger partial charge is 0.264 e. The summed E-state index contributed by atoms with van der Waals surface area (Å²) < 4.78 is 48.7. The molecule has 0 aliphatic carbocycles. The van der Waals surface area contributed by atoms with Crippen LogP contribution in [0.1, 0.15) is 48.0 Å². The van der Waals surface area contributed by atoms with Crippen LogP contribution in [0, 0.1) is 22.7 Å². The van der Waals surface area contributed by atoms with Crippen molar-refractivity contribution in [2.45, 2.75) is 57.8 Å². The molecule has 2 aromatic rings. The maximum atomic E-state index is 12.4. The van der Waals surface area contributed by atoms with Gasteiger partial charge in [0, 0.05) is 55.2 Å². The minimum atomic E-state index is -3.73. The van der Waals surface area contributed by atoms with Gasteiger partial charge in [-0.15, -0.1) is 0 Å². The molecular weight excluding hydrogens is 687 g/mol. The van der Waals surface area contributed by atoms with Crippen LogP contribution in [0.2, 0.25) is 0 Å². The second kappa shape index (κ2) is 20.4. The van der Waals surface area contributed by atoms with Crippen LogP contribution >= 0.6 is 11.8 Å². The Hall–Kier alpha value is -4.18. The lowest BCUT2D eigenvalue weighted by molar-refractivity contribution is 0.379. The van der Waals surface area contributed by atoms with E-state index in [1.807, 2.05) is 45.2 Å². The van der Waals surface area contributed by atoms with Crippen LogP contribution in [-0.4, -0.2) is 82.8 Å². The lowest BCUT2D eigenvalue weighted by Gasteiger charge is -2.21. The highest BCUT2D eigenvalue weighted by Gasteiger charge is 2.30. The zero-order valence-electron chi connectivity index (χ0n) is 29.1. The molecule has 0 saturated heterocycles. The first-order valence-corrected chi connectivity index (χ1v) is 19.6. The molecule has 0 saturated carbocycles. The Bertz CT molecular complexity index is 1700. The summed E-state index contributed by atoms with van der Waals surface area (Å²) in [6.07, 6.45) is 7.02. The number of amidine groups is 1. The third kappa shape index (κ3) is 15.3. The lowest BCUT2D eigenvalue weighted by atomic mass is 9.97. The SMILES string of the molecule is CC#N.CCN=C(NS(=O)(=O)c1ccc(N)cc1)N1CC(C)(C)C=N1.CCN=C(SC)N1CC(CC)C=N1.Nc1ccc(S(N)(=O)=O)cc1. The fourth-order valence-electron chi connectivity index (χ4n) is 3.86. The van der Waals surface area contributed by atoms with E-state index in [0.717, 1.165) is 24.7 Å². The van der Waals surface area contributed by atoms with Crippen molar-refractivity contribution in [1.29, 1.82) is 5.26 Å². The van der Waals surface area contributed by atoms with Crippen LogP contribution in [0.15, 0.2) is 78.5 Å². The monoisotopic (exact) mass is 735 g/mol. The van der Waals surface area contributed by atoms with Crippen LogP contribution in [0.25, 0.3) is 0 Å². The number of rotatable bonds is 6. The van der Waals surface area contributed by atoms with Crippen LogP contribution in [-0.2, 0) is 20.0 Å². The van der Waals surface area contributed by atoms with Crippen molar-refractivity contribution in [3.63, 3.8) is 0 Å². The molecule has 2 aliphatic heterocycles. The van der Waals surface area contributed by atoms with Crippen LogP contribution in [0.5, 0.6) is 0 Å². The molecule has 0 fully saturated rings. The molecule has 0 amide bonds. The summed E-state index contributed by atoms with van der Waals surface area (Å²) in [6, 6.07) is 13.5. The van der Waals surface area contributed by atoms with Crippen molar-refractivity contribution in [1.82, 2.24) is 14.7 Å². The van der Waals surface area contributed by atoms with E-state index < -0.39 is 20.0 Å². The number of nitrogens with zero attached hydrogens (tertiary/aromatic N) is 7. The topological polar surface area (TPSA) is 238 Å². The van der Waals surface area contributed by atoms with E-state index in [9.17, 15) is 16.8 Å². The highest BCUT2D eigenvalue weighted by Crippen LogP contribution is 2.21. The number of nitriles is 1. The Balaban J connectivity index is 0.000000379. The number of primary sulfonamides is 1. The maximum Gasteiger partial charge on any atom is 0.264 e. The van der Waals surface area contributed by atoms with Crippen molar-refractivity contribution in [2.75, 3.05) is 43.9 Å². The number of guanidine groups is 1. The first-order chi connectivity index (χ1) is 23.0. The number of hydrazone groups is 2. The summed E-state index contributed by atoms with van der Waals surface area (Å²) in [7, 11) is -7.30. The van der Waals surface area contributed by atoms with E-state index in [4.69, 9.17) is 21.9 Å². The highest BCUT2D eigenvalue weighted by molar-refractivity contribution is 8.13. The molecule has 0 aromatic heterocycles. The first-order valence-electron chi connectivity index (χ1n) is 15.3. The van der Waals surface area contributed by atoms with E-state index in [-0.39, 0.29) is 21.2 Å². The Morgan fingerprint density at radius 1 is 0.959 bits per heavy atom. The molecule has 1 atom stereocenters. The van der Waals surface area contributed by atoms with Crippen molar-refractivity contribution in [3.8, 4) is 6.07 Å². The molecule has 0 spiro atoms. The fraction of sp³-hybridized carbons (Fsp3) is 0.452. The number of nitrogens with one attached hydrogen (secondary N) is 1. The zero-order valence-corrected chi connectivity index (χ0v) is 31.6. The molecule has 1 unspecified atom stereocenters.